The number of morpholine rings is 1. The molecule has 0 radical (unpaired) electrons. The van der Waals surface area contributed by atoms with Crippen LogP contribution in [-0.2, 0) is 16.1 Å². The van der Waals surface area contributed by atoms with Gasteiger partial charge in [-0.1, -0.05) is 12.1 Å². The fourth-order valence-corrected chi connectivity index (χ4v) is 1.65. The van der Waals surface area contributed by atoms with Gasteiger partial charge in [0.25, 0.3) is 0 Å². The van der Waals surface area contributed by atoms with Crippen molar-refractivity contribution in [2.75, 3.05) is 19.8 Å². The van der Waals surface area contributed by atoms with E-state index < -0.39 is 0 Å². The molecule has 18 heavy (non-hydrogen) atoms. The molecule has 4 nitrogen and oxygen atoms in total. The van der Waals surface area contributed by atoms with Crippen LogP contribution < -0.4 is 10.6 Å². The van der Waals surface area contributed by atoms with E-state index in [0.29, 0.717) is 26.3 Å². The molecular weight excluding hydrogens is 259 g/mol. The molecule has 0 saturated carbocycles. The van der Waals surface area contributed by atoms with Crippen molar-refractivity contribution in [1.82, 2.24) is 10.6 Å². The van der Waals surface area contributed by atoms with Crippen molar-refractivity contribution < 1.29 is 13.9 Å². The lowest BCUT2D eigenvalue weighted by Crippen LogP contribution is -2.51. The summed E-state index contributed by atoms with van der Waals surface area (Å²) in [6.45, 7) is 2.13. The topological polar surface area (TPSA) is 50.4 Å². The highest BCUT2D eigenvalue weighted by atomic mass is 35.5. The summed E-state index contributed by atoms with van der Waals surface area (Å²) < 4.78 is 17.9. The third-order valence-electron chi connectivity index (χ3n) is 2.62. The van der Waals surface area contributed by atoms with Crippen LogP contribution in [0.3, 0.4) is 0 Å². The van der Waals surface area contributed by atoms with Gasteiger partial charge < -0.3 is 15.4 Å². The molecule has 0 aliphatic carbocycles. The van der Waals surface area contributed by atoms with Gasteiger partial charge in [-0.2, -0.15) is 0 Å². The summed E-state index contributed by atoms with van der Waals surface area (Å²) in [5.74, 6) is -0.364. The Hall–Kier alpha value is -1.17. The Morgan fingerprint density at radius 1 is 1.44 bits per heavy atom. The lowest BCUT2D eigenvalue weighted by molar-refractivity contribution is -0.126. The summed E-state index contributed by atoms with van der Waals surface area (Å²) >= 11 is 0. The molecule has 1 fully saturated rings. The number of amides is 1. The van der Waals surface area contributed by atoms with Crippen LogP contribution in [0.5, 0.6) is 0 Å². The summed E-state index contributed by atoms with van der Waals surface area (Å²) in [5, 5.41) is 5.85. The average molecular weight is 275 g/mol. The molecule has 1 heterocycles. The van der Waals surface area contributed by atoms with Gasteiger partial charge in [-0.05, 0) is 17.7 Å². The van der Waals surface area contributed by atoms with Crippen LogP contribution in [0.15, 0.2) is 24.3 Å². The normalized spacial score (nSPS) is 18.8. The minimum Gasteiger partial charge on any atom is -0.378 e. The van der Waals surface area contributed by atoms with Crippen molar-refractivity contribution in [3.63, 3.8) is 0 Å². The van der Waals surface area contributed by atoms with Gasteiger partial charge >= 0.3 is 0 Å². The van der Waals surface area contributed by atoms with Crippen LogP contribution in [0.1, 0.15) is 5.56 Å². The molecule has 1 atom stereocenters. The van der Waals surface area contributed by atoms with E-state index in [1.165, 1.54) is 12.1 Å². The Balaban J connectivity index is 0.00000162. The van der Waals surface area contributed by atoms with E-state index in [-0.39, 0.29) is 30.2 Å². The second kappa shape index (κ2) is 7.31. The second-order valence-electron chi connectivity index (χ2n) is 3.93. The molecule has 6 heteroatoms. The van der Waals surface area contributed by atoms with Gasteiger partial charge in [0.1, 0.15) is 11.9 Å². The van der Waals surface area contributed by atoms with Crippen molar-refractivity contribution in [3.05, 3.63) is 35.6 Å². The zero-order valence-electron chi connectivity index (χ0n) is 9.82. The number of benzene rings is 1. The van der Waals surface area contributed by atoms with Crippen LogP contribution in [0.25, 0.3) is 0 Å². The highest BCUT2D eigenvalue weighted by molar-refractivity contribution is 5.85. The molecule has 1 aliphatic heterocycles. The summed E-state index contributed by atoms with van der Waals surface area (Å²) in [6, 6.07) is 5.78. The van der Waals surface area contributed by atoms with E-state index in [4.69, 9.17) is 4.74 Å². The summed E-state index contributed by atoms with van der Waals surface area (Å²) in [4.78, 5) is 11.7. The molecule has 2 rings (SSSR count). The maximum atomic E-state index is 12.7. The third-order valence-corrected chi connectivity index (χ3v) is 2.62. The number of hydrogen-bond donors (Lipinski definition) is 2. The zero-order chi connectivity index (χ0) is 12.1. The number of ether oxygens (including phenoxy) is 1. The van der Waals surface area contributed by atoms with E-state index in [0.717, 1.165) is 5.56 Å². The molecule has 0 spiro atoms. The van der Waals surface area contributed by atoms with Gasteiger partial charge in [-0.3, -0.25) is 4.79 Å². The Morgan fingerprint density at radius 3 is 2.78 bits per heavy atom. The van der Waals surface area contributed by atoms with Crippen LogP contribution in [0.2, 0.25) is 0 Å². The first-order valence-corrected chi connectivity index (χ1v) is 5.59. The number of rotatable bonds is 3. The minimum absolute atomic E-state index is 0. The molecule has 2 N–H and O–H groups in total. The Kier molecular flexibility index (Phi) is 6.04. The lowest BCUT2D eigenvalue weighted by Gasteiger charge is -2.22. The number of halogens is 2. The van der Waals surface area contributed by atoms with Gasteiger partial charge in [0.2, 0.25) is 5.91 Å². The van der Waals surface area contributed by atoms with Gasteiger partial charge in [0.15, 0.2) is 0 Å². The number of nitrogens with one attached hydrogen (secondary N) is 2. The van der Waals surface area contributed by atoms with Crippen LogP contribution in [0, 0.1) is 5.82 Å². The van der Waals surface area contributed by atoms with E-state index >= 15 is 0 Å². The fraction of sp³-hybridized carbons (Fsp3) is 0.417. The molecule has 100 valence electrons. The van der Waals surface area contributed by atoms with Crippen LogP contribution >= 0.6 is 12.4 Å². The molecule has 1 aromatic rings. The zero-order valence-corrected chi connectivity index (χ0v) is 10.6. The molecule has 1 amide bonds. The fourth-order valence-electron chi connectivity index (χ4n) is 1.65. The molecule has 1 aromatic carbocycles. The molecule has 1 unspecified atom stereocenters. The summed E-state index contributed by atoms with van der Waals surface area (Å²) in [5.41, 5.74) is 0.872. The largest absolute Gasteiger partial charge is 0.378 e. The van der Waals surface area contributed by atoms with Gasteiger partial charge in [0, 0.05) is 13.1 Å². The maximum Gasteiger partial charge on any atom is 0.239 e. The van der Waals surface area contributed by atoms with Gasteiger partial charge in [0.05, 0.1) is 13.2 Å². The van der Waals surface area contributed by atoms with E-state index in [1.807, 2.05) is 0 Å². The van der Waals surface area contributed by atoms with Crippen LogP contribution in [-0.4, -0.2) is 31.7 Å². The Labute approximate surface area is 111 Å². The van der Waals surface area contributed by atoms with Gasteiger partial charge in [-0.15, -0.1) is 12.4 Å². The Bertz CT molecular complexity index is 380. The Morgan fingerprint density at radius 2 is 2.17 bits per heavy atom. The second-order valence-corrected chi connectivity index (χ2v) is 3.93. The van der Waals surface area contributed by atoms with Gasteiger partial charge in [-0.25, -0.2) is 4.39 Å². The van der Waals surface area contributed by atoms with Crippen molar-refractivity contribution in [2.24, 2.45) is 0 Å². The molecule has 0 bridgehead atoms. The predicted molar refractivity (Wildman–Crippen MR) is 68.1 cm³/mol. The molecule has 1 saturated heterocycles. The maximum absolute atomic E-state index is 12.7. The van der Waals surface area contributed by atoms with E-state index in [9.17, 15) is 9.18 Å². The highest BCUT2D eigenvalue weighted by Gasteiger charge is 2.20. The third kappa shape index (κ3) is 4.25. The first-order chi connectivity index (χ1) is 8.25. The average Bonchev–Trinajstić information content (AvgIpc) is 2.39. The minimum atomic E-state index is -0.288. The summed E-state index contributed by atoms with van der Waals surface area (Å²) in [7, 11) is 0. The molecular formula is C12H16ClFN2O2. The van der Waals surface area contributed by atoms with Crippen molar-refractivity contribution >= 4 is 18.3 Å². The quantitative estimate of drug-likeness (QED) is 0.859. The number of hydrogen-bond acceptors (Lipinski definition) is 3. The monoisotopic (exact) mass is 274 g/mol. The van der Waals surface area contributed by atoms with E-state index in [1.54, 1.807) is 12.1 Å². The van der Waals surface area contributed by atoms with E-state index in [2.05, 4.69) is 10.6 Å². The number of carbonyl (C=O) groups is 1. The van der Waals surface area contributed by atoms with Crippen molar-refractivity contribution in [2.45, 2.75) is 12.6 Å². The summed E-state index contributed by atoms with van der Waals surface area (Å²) in [6.07, 6.45) is 0. The van der Waals surface area contributed by atoms with Crippen LogP contribution in [0.4, 0.5) is 4.39 Å². The first-order valence-electron chi connectivity index (χ1n) is 5.59. The smallest absolute Gasteiger partial charge is 0.239 e. The molecule has 0 aromatic heterocycles. The van der Waals surface area contributed by atoms with Crippen molar-refractivity contribution in [3.8, 4) is 0 Å². The SMILES string of the molecule is Cl.O=C(NCc1ccc(F)cc1)C1COCCN1. The number of carbonyl (C=O) groups excluding carboxylic acids is 1. The molecule has 1 aliphatic rings. The standard InChI is InChI=1S/C12H15FN2O2.ClH/c13-10-3-1-9(2-4-10)7-15-12(16)11-8-17-6-5-14-11;/h1-4,11,14H,5-8H2,(H,15,16);1H. The first kappa shape index (κ1) is 14.9. The van der Waals surface area contributed by atoms with Crippen molar-refractivity contribution in [1.29, 1.82) is 0 Å². The predicted octanol–water partition coefficient (Wildman–Crippen LogP) is 0.852. The highest BCUT2D eigenvalue weighted by Crippen LogP contribution is 2.02. The lowest BCUT2D eigenvalue weighted by atomic mass is 10.2.